The fourth-order valence-electron chi connectivity index (χ4n) is 3.30. The van der Waals surface area contributed by atoms with E-state index in [-0.39, 0.29) is 6.10 Å². The molecule has 3 nitrogen and oxygen atoms in total. The van der Waals surface area contributed by atoms with Gasteiger partial charge in [0, 0.05) is 13.5 Å². The molecule has 19 heavy (non-hydrogen) atoms. The summed E-state index contributed by atoms with van der Waals surface area (Å²) in [6.45, 7) is 0. The predicted octanol–water partition coefficient (Wildman–Crippen LogP) is 3.06. The minimum absolute atomic E-state index is 0.251. The van der Waals surface area contributed by atoms with E-state index in [0.29, 0.717) is 6.42 Å². The van der Waals surface area contributed by atoms with Gasteiger partial charge in [0.1, 0.15) is 5.82 Å². The quantitative estimate of drug-likeness (QED) is 0.915. The number of aryl methyl sites for hydroxylation is 1. The van der Waals surface area contributed by atoms with Gasteiger partial charge in [0.15, 0.2) is 0 Å². The van der Waals surface area contributed by atoms with Gasteiger partial charge < -0.3 is 9.67 Å². The van der Waals surface area contributed by atoms with Gasteiger partial charge in [0.2, 0.25) is 0 Å². The molecule has 1 aliphatic carbocycles. The van der Waals surface area contributed by atoms with Crippen LogP contribution in [-0.2, 0) is 13.5 Å². The number of aromatic nitrogens is 2. The third kappa shape index (κ3) is 2.66. The summed E-state index contributed by atoms with van der Waals surface area (Å²) < 4.78 is 2.10. The number of hydrogen-bond acceptors (Lipinski definition) is 2. The van der Waals surface area contributed by atoms with E-state index in [1.165, 1.54) is 25.7 Å². The van der Waals surface area contributed by atoms with Crippen LogP contribution >= 0.6 is 0 Å². The number of fused-ring (bicyclic) bond motifs is 1. The lowest BCUT2D eigenvalue weighted by atomic mass is 9.98. The van der Waals surface area contributed by atoms with Gasteiger partial charge in [0.05, 0.1) is 17.1 Å². The lowest BCUT2D eigenvalue weighted by Gasteiger charge is -2.15. The fourth-order valence-corrected chi connectivity index (χ4v) is 3.30. The Hall–Kier alpha value is -1.35. The summed E-state index contributed by atoms with van der Waals surface area (Å²) in [5.41, 5.74) is 2.17. The van der Waals surface area contributed by atoms with Crippen molar-refractivity contribution in [1.82, 2.24) is 9.55 Å². The van der Waals surface area contributed by atoms with E-state index in [9.17, 15) is 5.11 Å². The van der Waals surface area contributed by atoms with Gasteiger partial charge in [-0.15, -0.1) is 0 Å². The van der Waals surface area contributed by atoms with E-state index < -0.39 is 0 Å². The molecule has 0 spiro atoms. The molecule has 1 fully saturated rings. The predicted molar refractivity (Wildman–Crippen MR) is 77.0 cm³/mol. The van der Waals surface area contributed by atoms with Gasteiger partial charge in [-0.2, -0.15) is 0 Å². The van der Waals surface area contributed by atoms with Gasteiger partial charge >= 0.3 is 0 Å². The summed E-state index contributed by atoms with van der Waals surface area (Å²) in [6, 6.07) is 8.15. The number of nitrogens with zero attached hydrogens (tertiary/aromatic N) is 2. The molecule has 1 saturated carbocycles. The lowest BCUT2D eigenvalue weighted by molar-refractivity contribution is 0.140. The number of rotatable bonds is 4. The Morgan fingerprint density at radius 1 is 1.32 bits per heavy atom. The van der Waals surface area contributed by atoms with Crippen molar-refractivity contribution in [2.24, 2.45) is 13.0 Å². The van der Waals surface area contributed by atoms with Crippen molar-refractivity contribution < 1.29 is 5.11 Å². The van der Waals surface area contributed by atoms with E-state index in [1.807, 2.05) is 25.2 Å². The Balaban J connectivity index is 1.71. The molecule has 2 aromatic rings. The number of aliphatic hydroxyl groups is 1. The highest BCUT2D eigenvalue weighted by Gasteiger charge is 2.20. The van der Waals surface area contributed by atoms with E-state index in [4.69, 9.17) is 0 Å². The average Bonchev–Trinajstić information content (AvgIpc) is 3.00. The van der Waals surface area contributed by atoms with Gasteiger partial charge in [-0.1, -0.05) is 37.8 Å². The van der Waals surface area contributed by atoms with Gasteiger partial charge in [-0.25, -0.2) is 4.98 Å². The van der Waals surface area contributed by atoms with E-state index >= 15 is 0 Å². The maximum atomic E-state index is 10.3. The van der Waals surface area contributed by atoms with Crippen LogP contribution in [0.2, 0.25) is 0 Å². The Morgan fingerprint density at radius 2 is 2.05 bits per heavy atom. The number of imidazole rings is 1. The number of benzene rings is 1. The molecule has 102 valence electrons. The smallest absolute Gasteiger partial charge is 0.112 e. The van der Waals surface area contributed by atoms with Crippen LogP contribution in [0.1, 0.15) is 37.9 Å². The SMILES string of the molecule is Cn1c(CC(O)CC2CCCC2)nc2ccccc21. The molecular weight excluding hydrogens is 236 g/mol. The van der Waals surface area contributed by atoms with Crippen molar-refractivity contribution in [3.63, 3.8) is 0 Å². The molecule has 0 saturated heterocycles. The minimum Gasteiger partial charge on any atom is -0.393 e. The highest BCUT2D eigenvalue weighted by molar-refractivity contribution is 5.75. The lowest BCUT2D eigenvalue weighted by Crippen LogP contribution is -2.17. The van der Waals surface area contributed by atoms with Crippen LogP contribution in [0.3, 0.4) is 0 Å². The van der Waals surface area contributed by atoms with Crippen molar-refractivity contribution in [3.8, 4) is 0 Å². The summed E-state index contributed by atoms with van der Waals surface area (Å²) in [4.78, 5) is 4.63. The second-order valence-electron chi connectivity index (χ2n) is 5.82. The van der Waals surface area contributed by atoms with Crippen LogP contribution < -0.4 is 0 Å². The van der Waals surface area contributed by atoms with Crippen LogP contribution in [0.5, 0.6) is 0 Å². The first-order valence-electron chi connectivity index (χ1n) is 7.32. The van der Waals surface area contributed by atoms with Gasteiger partial charge in [-0.05, 0) is 24.5 Å². The molecule has 1 aromatic heterocycles. The monoisotopic (exact) mass is 258 g/mol. The zero-order valence-electron chi connectivity index (χ0n) is 11.5. The van der Waals surface area contributed by atoms with Crippen molar-refractivity contribution >= 4 is 11.0 Å². The first kappa shape index (κ1) is 12.7. The zero-order chi connectivity index (χ0) is 13.2. The zero-order valence-corrected chi connectivity index (χ0v) is 11.5. The Labute approximate surface area is 114 Å². The topological polar surface area (TPSA) is 38.0 Å². The second-order valence-corrected chi connectivity index (χ2v) is 5.82. The third-order valence-electron chi connectivity index (χ3n) is 4.38. The Morgan fingerprint density at radius 3 is 2.79 bits per heavy atom. The second kappa shape index (κ2) is 5.33. The molecule has 0 aliphatic heterocycles. The molecule has 1 aliphatic rings. The summed E-state index contributed by atoms with van der Waals surface area (Å²) in [5, 5.41) is 10.3. The van der Waals surface area contributed by atoms with E-state index in [1.54, 1.807) is 0 Å². The first-order chi connectivity index (χ1) is 9.24. The van der Waals surface area contributed by atoms with Crippen molar-refractivity contribution in [2.75, 3.05) is 0 Å². The van der Waals surface area contributed by atoms with Crippen LogP contribution in [0.15, 0.2) is 24.3 Å². The van der Waals surface area contributed by atoms with Crippen LogP contribution in [0.25, 0.3) is 11.0 Å². The number of hydrogen-bond donors (Lipinski definition) is 1. The van der Waals surface area contributed by atoms with Gasteiger partial charge in [0.25, 0.3) is 0 Å². The largest absolute Gasteiger partial charge is 0.393 e. The average molecular weight is 258 g/mol. The van der Waals surface area contributed by atoms with Crippen molar-refractivity contribution in [1.29, 1.82) is 0 Å². The molecule has 0 radical (unpaired) electrons. The van der Waals surface area contributed by atoms with Crippen LogP contribution in [0, 0.1) is 5.92 Å². The summed E-state index contributed by atoms with van der Waals surface area (Å²) in [7, 11) is 2.03. The summed E-state index contributed by atoms with van der Waals surface area (Å²) in [6.07, 6.45) is 6.61. The molecule has 1 unspecified atom stereocenters. The summed E-state index contributed by atoms with van der Waals surface area (Å²) in [5.74, 6) is 1.72. The molecule has 1 atom stereocenters. The van der Waals surface area contributed by atoms with E-state index in [2.05, 4.69) is 15.6 Å². The minimum atomic E-state index is -0.251. The molecule has 3 rings (SSSR count). The highest BCUT2D eigenvalue weighted by atomic mass is 16.3. The Kier molecular flexibility index (Phi) is 3.56. The van der Waals surface area contributed by atoms with Crippen LogP contribution in [-0.4, -0.2) is 20.8 Å². The first-order valence-corrected chi connectivity index (χ1v) is 7.32. The van der Waals surface area contributed by atoms with Crippen molar-refractivity contribution in [3.05, 3.63) is 30.1 Å². The molecule has 1 aromatic carbocycles. The van der Waals surface area contributed by atoms with Crippen LogP contribution in [0.4, 0.5) is 0 Å². The molecule has 3 heteroatoms. The Bertz CT molecular complexity index is 555. The molecular formula is C16H22N2O. The van der Waals surface area contributed by atoms with E-state index in [0.717, 1.165) is 29.2 Å². The number of para-hydroxylation sites is 2. The van der Waals surface area contributed by atoms with Crippen molar-refractivity contribution in [2.45, 2.75) is 44.6 Å². The van der Waals surface area contributed by atoms with Gasteiger partial charge in [-0.3, -0.25) is 0 Å². The molecule has 1 N–H and O–H groups in total. The standard InChI is InChI=1S/C16H22N2O/c1-18-15-9-5-4-8-14(15)17-16(18)11-13(19)10-12-6-2-3-7-12/h4-5,8-9,12-13,19H,2-3,6-7,10-11H2,1H3. The highest BCUT2D eigenvalue weighted by Crippen LogP contribution is 2.29. The fraction of sp³-hybridized carbons (Fsp3) is 0.562. The normalized spacial score (nSPS) is 18.2. The summed E-state index contributed by atoms with van der Waals surface area (Å²) >= 11 is 0. The maximum absolute atomic E-state index is 10.3. The molecule has 0 bridgehead atoms. The molecule has 0 amide bonds. The third-order valence-corrected chi connectivity index (χ3v) is 4.38. The number of aliphatic hydroxyl groups excluding tert-OH is 1. The molecule has 1 heterocycles. The maximum Gasteiger partial charge on any atom is 0.112 e.